The van der Waals surface area contributed by atoms with Gasteiger partial charge in [0.15, 0.2) is 5.41 Å². The molecule has 6 heteroatoms. The average molecular weight is 356 g/mol. The molecule has 0 radical (unpaired) electrons. The molecule has 0 heterocycles. The first-order chi connectivity index (χ1) is 12.6. The second kappa shape index (κ2) is 7.47. The van der Waals surface area contributed by atoms with E-state index in [1.54, 1.807) is 62.8 Å². The monoisotopic (exact) mass is 356 g/mol. The van der Waals surface area contributed by atoms with Gasteiger partial charge in [-0.2, -0.15) is 0 Å². The van der Waals surface area contributed by atoms with Crippen molar-refractivity contribution >= 4 is 11.9 Å². The molecule has 0 saturated heterocycles. The topological polar surface area (TPSA) is 71.1 Å². The van der Waals surface area contributed by atoms with Crippen LogP contribution in [0, 0.1) is 5.41 Å². The van der Waals surface area contributed by atoms with Gasteiger partial charge in [-0.25, -0.2) is 0 Å². The number of hydrogen-bond acceptors (Lipinski definition) is 6. The minimum Gasteiger partial charge on any atom is -0.497 e. The van der Waals surface area contributed by atoms with Crippen molar-refractivity contribution in [2.75, 3.05) is 14.2 Å². The predicted octanol–water partition coefficient (Wildman–Crippen LogP) is 3.39. The van der Waals surface area contributed by atoms with Crippen LogP contribution in [0.2, 0.25) is 0 Å². The molecule has 1 saturated carbocycles. The van der Waals surface area contributed by atoms with Crippen LogP contribution in [0.1, 0.15) is 19.3 Å². The van der Waals surface area contributed by atoms with Gasteiger partial charge in [-0.3, -0.25) is 9.59 Å². The van der Waals surface area contributed by atoms with Crippen molar-refractivity contribution in [1.29, 1.82) is 0 Å². The molecule has 1 aliphatic carbocycles. The normalized spacial score (nSPS) is 14.7. The summed E-state index contributed by atoms with van der Waals surface area (Å²) in [5, 5.41) is 0. The number of rotatable bonds is 6. The van der Waals surface area contributed by atoms with E-state index in [1.165, 1.54) is 0 Å². The van der Waals surface area contributed by atoms with Crippen LogP contribution in [-0.4, -0.2) is 26.2 Å². The van der Waals surface area contributed by atoms with Crippen LogP contribution in [0.15, 0.2) is 48.5 Å². The first-order valence-electron chi connectivity index (χ1n) is 8.30. The molecule has 1 fully saturated rings. The lowest BCUT2D eigenvalue weighted by Crippen LogP contribution is -2.49. The third-order valence-corrected chi connectivity index (χ3v) is 4.53. The summed E-state index contributed by atoms with van der Waals surface area (Å²) in [7, 11) is 3.11. The second-order valence-electron chi connectivity index (χ2n) is 6.07. The third-order valence-electron chi connectivity index (χ3n) is 4.53. The van der Waals surface area contributed by atoms with Crippen molar-refractivity contribution in [2.24, 2.45) is 5.41 Å². The zero-order valence-corrected chi connectivity index (χ0v) is 14.7. The van der Waals surface area contributed by atoms with Gasteiger partial charge in [0.25, 0.3) is 0 Å². The number of carbonyl (C=O) groups excluding carboxylic acids is 2. The number of carbonyl (C=O) groups is 2. The number of ether oxygens (including phenoxy) is 4. The van der Waals surface area contributed by atoms with E-state index in [2.05, 4.69) is 0 Å². The van der Waals surface area contributed by atoms with Crippen LogP contribution in [0.4, 0.5) is 0 Å². The van der Waals surface area contributed by atoms with Gasteiger partial charge in [0.1, 0.15) is 23.0 Å². The van der Waals surface area contributed by atoms with Crippen molar-refractivity contribution in [3.8, 4) is 23.0 Å². The van der Waals surface area contributed by atoms with E-state index < -0.39 is 17.4 Å². The van der Waals surface area contributed by atoms with Crippen LogP contribution in [-0.2, 0) is 9.59 Å². The first-order valence-corrected chi connectivity index (χ1v) is 8.30. The molecule has 2 aromatic rings. The van der Waals surface area contributed by atoms with Gasteiger partial charge in [0.05, 0.1) is 14.2 Å². The molecule has 0 atom stereocenters. The molecule has 0 aliphatic heterocycles. The molecule has 0 aromatic heterocycles. The summed E-state index contributed by atoms with van der Waals surface area (Å²) in [4.78, 5) is 25.3. The molecular formula is C20H20O6. The summed E-state index contributed by atoms with van der Waals surface area (Å²) in [5.74, 6) is 0.850. The Morgan fingerprint density at radius 2 is 1.04 bits per heavy atom. The lowest BCUT2D eigenvalue weighted by molar-refractivity contribution is -0.167. The molecule has 0 amide bonds. The lowest BCUT2D eigenvalue weighted by atomic mass is 9.69. The summed E-state index contributed by atoms with van der Waals surface area (Å²) in [5.41, 5.74) is -1.25. The summed E-state index contributed by atoms with van der Waals surface area (Å²) in [6.45, 7) is 0. The molecule has 0 unspecified atom stereocenters. The summed E-state index contributed by atoms with van der Waals surface area (Å²) in [6.07, 6.45) is 1.60. The van der Waals surface area contributed by atoms with Crippen molar-refractivity contribution in [2.45, 2.75) is 19.3 Å². The standard InChI is InChI=1S/C20H20O6/c1-23-14-4-8-16(9-5-14)25-18(21)20(12-3-13-20)19(22)26-17-10-6-15(24-2)7-11-17/h4-11H,3,12-13H2,1-2H3. The van der Waals surface area contributed by atoms with E-state index in [0.29, 0.717) is 35.8 Å². The highest BCUT2D eigenvalue weighted by Gasteiger charge is 2.54. The van der Waals surface area contributed by atoms with Gasteiger partial charge in [0.2, 0.25) is 0 Å². The maximum absolute atomic E-state index is 12.6. The molecule has 136 valence electrons. The van der Waals surface area contributed by atoms with Gasteiger partial charge in [-0.1, -0.05) is 0 Å². The van der Waals surface area contributed by atoms with E-state index in [0.717, 1.165) is 6.42 Å². The van der Waals surface area contributed by atoms with E-state index in [4.69, 9.17) is 18.9 Å². The summed E-state index contributed by atoms with van der Waals surface area (Å²) < 4.78 is 20.9. The van der Waals surface area contributed by atoms with Crippen LogP contribution in [0.25, 0.3) is 0 Å². The van der Waals surface area contributed by atoms with Crippen LogP contribution < -0.4 is 18.9 Å². The van der Waals surface area contributed by atoms with E-state index in [9.17, 15) is 9.59 Å². The Labute approximate surface area is 151 Å². The largest absolute Gasteiger partial charge is 0.497 e. The van der Waals surface area contributed by atoms with Gasteiger partial charge in [-0.05, 0) is 67.8 Å². The van der Waals surface area contributed by atoms with Gasteiger partial charge < -0.3 is 18.9 Å². The van der Waals surface area contributed by atoms with Crippen molar-refractivity contribution in [1.82, 2.24) is 0 Å². The fourth-order valence-electron chi connectivity index (χ4n) is 2.72. The van der Waals surface area contributed by atoms with Crippen LogP contribution in [0.5, 0.6) is 23.0 Å². The average Bonchev–Trinajstić information content (AvgIpc) is 2.62. The Bertz CT molecular complexity index is 711. The Morgan fingerprint density at radius 3 is 1.31 bits per heavy atom. The number of methoxy groups -OCH3 is 2. The smallest absolute Gasteiger partial charge is 0.328 e. The molecule has 0 spiro atoms. The molecule has 26 heavy (non-hydrogen) atoms. The molecule has 1 aliphatic rings. The third kappa shape index (κ3) is 3.49. The maximum Gasteiger partial charge on any atom is 0.328 e. The van der Waals surface area contributed by atoms with E-state index >= 15 is 0 Å². The van der Waals surface area contributed by atoms with Crippen molar-refractivity contribution < 1.29 is 28.5 Å². The van der Waals surface area contributed by atoms with E-state index in [1.807, 2.05) is 0 Å². The highest BCUT2D eigenvalue weighted by atomic mass is 16.6. The molecule has 0 bridgehead atoms. The minimum atomic E-state index is -1.25. The minimum absolute atomic E-state index is 0.360. The molecule has 3 rings (SSSR count). The Kier molecular flexibility index (Phi) is 5.11. The Balaban J connectivity index is 1.69. The SMILES string of the molecule is COc1ccc(OC(=O)C2(C(=O)Oc3ccc(OC)cc3)CCC2)cc1. The van der Waals surface area contributed by atoms with E-state index in [-0.39, 0.29) is 0 Å². The zero-order chi connectivity index (χ0) is 18.6. The number of esters is 2. The highest BCUT2D eigenvalue weighted by molar-refractivity contribution is 6.02. The zero-order valence-electron chi connectivity index (χ0n) is 14.7. The van der Waals surface area contributed by atoms with Crippen molar-refractivity contribution in [3.05, 3.63) is 48.5 Å². The Morgan fingerprint density at radius 1 is 0.692 bits per heavy atom. The number of benzene rings is 2. The molecule has 6 nitrogen and oxygen atoms in total. The maximum atomic E-state index is 12.6. The van der Waals surface area contributed by atoms with Crippen LogP contribution in [0.3, 0.4) is 0 Å². The number of hydrogen-bond donors (Lipinski definition) is 0. The summed E-state index contributed by atoms with van der Waals surface area (Å²) in [6, 6.07) is 13.2. The molecule has 0 N–H and O–H groups in total. The molecule has 2 aromatic carbocycles. The fraction of sp³-hybridized carbons (Fsp3) is 0.300. The highest BCUT2D eigenvalue weighted by Crippen LogP contribution is 2.43. The predicted molar refractivity (Wildman–Crippen MR) is 93.5 cm³/mol. The quantitative estimate of drug-likeness (QED) is 0.449. The second-order valence-corrected chi connectivity index (χ2v) is 6.07. The summed E-state index contributed by atoms with van der Waals surface area (Å²) >= 11 is 0. The lowest BCUT2D eigenvalue weighted by Gasteiger charge is -2.36. The van der Waals surface area contributed by atoms with Gasteiger partial charge >= 0.3 is 11.9 Å². The van der Waals surface area contributed by atoms with Gasteiger partial charge in [0, 0.05) is 0 Å². The van der Waals surface area contributed by atoms with Gasteiger partial charge in [-0.15, -0.1) is 0 Å². The Hall–Kier alpha value is -3.02. The fourth-order valence-corrected chi connectivity index (χ4v) is 2.72. The molecular weight excluding hydrogens is 336 g/mol. The van der Waals surface area contributed by atoms with Crippen LogP contribution >= 0.6 is 0 Å². The first kappa shape index (κ1) is 17.8. The van der Waals surface area contributed by atoms with Crippen molar-refractivity contribution in [3.63, 3.8) is 0 Å².